The van der Waals surface area contributed by atoms with Gasteiger partial charge in [0.15, 0.2) is 6.10 Å². The van der Waals surface area contributed by atoms with Gasteiger partial charge in [-0.15, -0.1) is 0 Å². The van der Waals surface area contributed by atoms with Crippen molar-refractivity contribution >= 4 is 39.5 Å². The fourth-order valence-corrected chi connectivity index (χ4v) is 4.99. The van der Waals surface area contributed by atoms with Gasteiger partial charge in [-0.05, 0) is 80.8 Å². The van der Waals surface area contributed by atoms with Crippen molar-refractivity contribution in [2.24, 2.45) is 0 Å². The predicted molar refractivity (Wildman–Crippen MR) is 142 cm³/mol. The summed E-state index contributed by atoms with van der Waals surface area (Å²) in [6, 6.07) is 11.2. The lowest BCUT2D eigenvalue weighted by Crippen LogP contribution is -2.28. The smallest absolute Gasteiger partial charge is 0.337 e. The Hall–Kier alpha value is -4.04. The number of hydrogen-bond donors (Lipinski definition) is 2. The van der Waals surface area contributed by atoms with Crippen LogP contribution in [0.2, 0.25) is 0 Å². The van der Waals surface area contributed by atoms with Gasteiger partial charge in [-0.3, -0.25) is 9.78 Å². The number of nitrogens with one attached hydrogen (secondary N) is 1. The zero-order valence-corrected chi connectivity index (χ0v) is 21.5. The third kappa shape index (κ3) is 4.60. The van der Waals surface area contributed by atoms with Gasteiger partial charge in [-0.25, -0.2) is 9.78 Å². The highest BCUT2D eigenvalue weighted by Gasteiger charge is 2.33. The van der Waals surface area contributed by atoms with Gasteiger partial charge in [0.05, 0.1) is 23.2 Å². The number of carboxylic acids is 1. The SMILES string of the molecule is CC(=O)Nc1ccc2c(-c3ccc4c5c(ccnc35)CCO4)c(C(OC(C)(C)C)C(=O)O)c(C)cc2n1. The van der Waals surface area contributed by atoms with Crippen LogP contribution in [0.5, 0.6) is 5.75 Å². The number of aliphatic carboxylic acids is 1. The fraction of sp³-hybridized carbons (Fsp3) is 0.310. The first kappa shape index (κ1) is 24.6. The Balaban J connectivity index is 1.88. The van der Waals surface area contributed by atoms with E-state index in [1.165, 1.54) is 6.92 Å². The van der Waals surface area contributed by atoms with Crippen LogP contribution in [0.1, 0.15) is 50.5 Å². The second-order valence-corrected chi connectivity index (χ2v) is 10.3. The van der Waals surface area contributed by atoms with Crippen molar-refractivity contribution in [1.29, 1.82) is 0 Å². The Kier molecular flexibility index (Phi) is 6.07. The molecule has 1 unspecified atom stereocenters. The molecule has 2 aromatic heterocycles. The highest BCUT2D eigenvalue weighted by atomic mass is 16.5. The van der Waals surface area contributed by atoms with E-state index >= 15 is 0 Å². The van der Waals surface area contributed by atoms with Crippen LogP contribution >= 0.6 is 0 Å². The van der Waals surface area contributed by atoms with E-state index < -0.39 is 17.7 Å². The summed E-state index contributed by atoms with van der Waals surface area (Å²) in [5.41, 5.74) is 4.50. The average Bonchev–Trinajstić information content (AvgIpc) is 2.82. The number of aromatic nitrogens is 2. The van der Waals surface area contributed by atoms with Crippen LogP contribution in [-0.4, -0.2) is 39.2 Å². The van der Waals surface area contributed by atoms with Crippen LogP contribution < -0.4 is 10.1 Å². The van der Waals surface area contributed by atoms with Crippen molar-refractivity contribution in [2.45, 2.75) is 52.7 Å². The number of carboxylic acid groups (broad SMARTS) is 1. The van der Waals surface area contributed by atoms with Gasteiger partial charge >= 0.3 is 5.97 Å². The third-order valence-corrected chi connectivity index (χ3v) is 6.34. The van der Waals surface area contributed by atoms with Crippen LogP contribution in [-0.2, 0) is 20.7 Å². The Morgan fingerprint density at radius 2 is 1.95 bits per heavy atom. The summed E-state index contributed by atoms with van der Waals surface area (Å²) in [4.78, 5) is 33.7. The van der Waals surface area contributed by atoms with Gasteiger partial charge < -0.3 is 19.9 Å². The first-order valence-corrected chi connectivity index (χ1v) is 12.2. The molecule has 0 saturated carbocycles. The summed E-state index contributed by atoms with van der Waals surface area (Å²) in [6.07, 6.45) is 1.32. The summed E-state index contributed by atoms with van der Waals surface area (Å²) in [7, 11) is 0. The summed E-state index contributed by atoms with van der Waals surface area (Å²) in [5, 5.41) is 14.7. The number of amides is 1. The minimum Gasteiger partial charge on any atom is -0.493 e. The van der Waals surface area contributed by atoms with E-state index in [4.69, 9.17) is 14.5 Å². The minimum absolute atomic E-state index is 0.224. The van der Waals surface area contributed by atoms with Crippen LogP contribution in [0, 0.1) is 6.92 Å². The number of pyridine rings is 2. The Morgan fingerprint density at radius 1 is 1.16 bits per heavy atom. The quantitative estimate of drug-likeness (QED) is 0.368. The maximum atomic E-state index is 12.6. The molecule has 1 amide bonds. The molecule has 1 aliphatic heterocycles. The molecule has 0 fully saturated rings. The topological polar surface area (TPSA) is 111 Å². The molecule has 5 rings (SSSR count). The molecule has 1 atom stereocenters. The lowest BCUT2D eigenvalue weighted by molar-refractivity contribution is -0.160. The molecule has 4 aromatic rings. The standard InChI is InChI=1S/C29H29N3O5/c1-15-14-20-18(7-9-22(32-20)31-16(2)33)25(23(15)27(28(34)35)37-29(3,4)5)19-6-8-21-24-17(11-13-36-21)10-12-30-26(19)24/h6-10,12,14,27H,11,13H2,1-5H3,(H,34,35)(H,31,32,33). The average molecular weight is 500 g/mol. The molecule has 0 aliphatic carbocycles. The molecule has 8 heteroatoms. The van der Waals surface area contributed by atoms with Crippen molar-refractivity contribution in [1.82, 2.24) is 9.97 Å². The number of ether oxygens (including phenoxy) is 2. The summed E-state index contributed by atoms with van der Waals surface area (Å²) in [5.74, 6) is -0.126. The summed E-state index contributed by atoms with van der Waals surface area (Å²) >= 11 is 0. The first-order valence-electron chi connectivity index (χ1n) is 12.2. The van der Waals surface area contributed by atoms with E-state index in [0.29, 0.717) is 34.6 Å². The summed E-state index contributed by atoms with van der Waals surface area (Å²) in [6.45, 7) is 9.38. The maximum absolute atomic E-state index is 12.6. The van der Waals surface area contributed by atoms with Crippen LogP contribution in [0.15, 0.2) is 42.6 Å². The fourth-order valence-electron chi connectivity index (χ4n) is 4.99. The molecule has 8 nitrogen and oxygen atoms in total. The highest BCUT2D eigenvalue weighted by Crippen LogP contribution is 2.45. The lowest BCUT2D eigenvalue weighted by atomic mass is 9.86. The molecule has 2 N–H and O–H groups in total. The number of benzene rings is 2. The lowest BCUT2D eigenvalue weighted by Gasteiger charge is -2.29. The number of rotatable bonds is 5. The Labute approximate surface area is 214 Å². The Bertz CT molecular complexity index is 1560. The van der Waals surface area contributed by atoms with Gasteiger partial charge in [0, 0.05) is 41.4 Å². The maximum Gasteiger partial charge on any atom is 0.337 e. The molecule has 190 valence electrons. The third-order valence-electron chi connectivity index (χ3n) is 6.34. The molecule has 0 bridgehead atoms. The van der Waals surface area contributed by atoms with Crippen LogP contribution in [0.4, 0.5) is 5.82 Å². The molecule has 2 aromatic carbocycles. The second kappa shape index (κ2) is 9.12. The van der Waals surface area contributed by atoms with Gasteiger partial charge in [-0.1, -0.05) is 0 Å². The predicted octanol–water partition coefficient (Wildman–Crippen LogP) is 5.59. The largest absolute Gasteiger partial charge is 0.493 e. The molecule has 0 radical (unpaired) electrons. The number of aryl methyl sites for hydroxylation is 1. The molecular weight excluding hydrogens is 470 g/mol. The van der Waals surface area contributed by atoms with E-state index in [1.807, 2.05) is 58.0 Å². The zero-order valence-electron chi connectivity index (χ0n) is 21.5. The molecule has 0 saturated heterocycles. The van der Waals surface area contributed by atoms with E-state index in [1.54, 1.807) is 12.3 Å². The number of anilines is 1. The van der Waals surface area contributed by atoms with Crippen molar-refractivity contribution in [2.75, 3.05) is 11.9 Å². The van der Waals surface area contributed by atoms with Crippen molar-refractivity contribution < 1.29 is 24.2 Å². The monoisotopic (exact) mass is 499 g/mol. The van der Waals surface area contributed by atoms with Gasteiger partial charge in [0.2, 0.25) is 5.91 Å². The van der Waals surface area contributed by atoms with Crippen molar-refractivity contribution in [3.05, 3.63) is 59.3 Å². The number of fused-ring (bicyclic) bond motifs is 1. The number of nitrogens with zero attached hydrogens (tertiary/aromatic N) is 2. The Morgan fingerprint density at radius 3 is 2.65 bits per heavy atom. The number of carbonyl (C=O) groups excluding carboxylic acids is 1. The second-order valence-electron chi connectivity index (χ2n) is 10.3. The number of hydrogen-bond acceptors (Lipinski definition) is 6. The first-order chi connectivity index (χ1) is 17.5. The molecule has 3 heterocycles. The van der Waals surface area contributed by atoms with Crippen molar-refractivity contribution in [3.63, 3.8) is 0 Å². The summed E-state index contributed by atoms with van der Waals surface area (Å²) < 4.78 is 12.0. The van der Waals surface area contributed by atoms with Crippen LogP contribution in [0.3, 0.4) is 0 Å². The van der Waals surface area contributed by atoms with Gasteiger partial charge in [0.25, 0.3) is 0 Å². The van der Waals surface area contributed by atoms with E-state index in [9.17, 15) is 14.7 Å². The normalized spacial score (nSPS) is 13.9. The number of carbonyl (C=O) groups is 2. The highest BCUT2D eigenvalue weighted by molar-refractivity contribution is 6.08. The molecule has 0 spiro atoms. The zero-order chi connectivity index (χ0) is 26.5. The molecule has 37 heavy (non-hydrogen) atoms. The molecule has 1 aliphatic rings. The minimum atomic E-state index is -1.23. The van der Waals surface area contributed by atoms with E-state index in [0.717, 1.165) is 39.6 Å². The molecular formula is C29H29N3O5. The van der Waals surface area contributed by atoms with Crippen LogP contribution in [0.25, 0.3) is 32.9 Å². The van der Waals surface area contributed by atoms with E-state index in [2.05, 4.69) is 10.3 Å². The van der Waals surface area contributed by atoms with E-state index in [-0.39, 0.29) is 5.91 Å². The van der Waals surface area contributed by atoms with Gasteiger partial charge in [0.1, 0.15) is 11.6 Å². The van der Waals surface area contributed by atoms with Gasteiger partial charge in [-0.2, -0.15) is 0 Å². The van der Waals surface area contributed by atoms with Crippen molar-refractivity contribution in [3.8, 4) is 16.9 Å².